The van der Waals surface area contributed by atoms with Gasteiger partial charge in [-0.2, -0.15) is 0 Å². The second-order valence-corrected chi connectivity index (χ2v) is 7.27. The highest BCUT2D eigenvalue weighted by Gasteiger charge is 2.23. The smallest absolute Gasteiger partial charge is 0.156 e. The molecule has 1 aliphatic rings. The van der Waals surface area contributed by atoms with E-state index in [9.17, 15) is 0 Å². The molecule has 26 heavy (non-hydrogen) atoms. The Morgan fingerprint density at radius 1 is 1.12 bits per heavy atom. The predicted molar refractivity (Wildman–Crippen MR) is 106 cm³/mol. The second kappa shape index (κ2) is 8.81. The van der Waals surface area contributed by atoms with Crippen LogP contribution >= 0.6 is 23.2 Å². The molecule has 3 nitrogen and oxygen atoms in total. The minimum absolute atomic E-state index is 0.383. The van der Waals surface area contributed by atoms with Crippen LogP contribution in [0.3, 0.4) is 0 Å². The molecule has 1 saturated carbocycles. The van der Waals surface area contributed by atoms with Crippen LogP contribution < -0.4 is 9.47 Å². The van der Waals surface area contributed by atoms with Crippen LogP contribution in [0.25, 0.3) is 5.57 Å². The van der Waals surface area contributed by atoms with Crippen molar-refractivity contribution in [2.24, 2.45) is 5.92 Å². The first-order valence-corrected chi connectivity index (χ1v) is 9.33. The van der Waals surface area contributed by atoms with Crippen molar-refractivity contribution in [2.45, 2.75) is 19.4 Å². The van der Waals surface area contributed by atoms with Gasteiger partial charge in [-0.15, -0.1) is 0 Å². The van der Waals surface area contributed by atoms with Gasteiger partial charge in [-0.05, 0) is 35.5 Å². The predicted octanol–water partition coefficient (Wildman–Crippen LogP) is 6.02. The van der Waals surface area contributed by atoms with Crippen LogP contribution in [0.15, 0.2) is 43.0 Å². The molecule has 1 fully saturated rings. The molecule has 0 amide bonds. The summed E-state index contributed by atoms with van der Waals surface area (Å²) >= 11 is 12.6. The number of ether oxygens (including phenoxy) is 3. The standard InChI is InChI=1S/C21H22Cl2O3/c1-14(11-24-2)18-6-4-3-5-16(18)13-25-17-9-19(22)21(20(23)10-17)26-12-15-7-8-15/h3-6,9-10,15H,1,7-8,11-13H2,2H3. The summed E-state index contributed by atoms with van der Waals surface area (Å²) in [6, 6.07) is 11.4. The highest BCUT2D eigenvalue weighted by molar-refractivity contribution is 6.37. The minimum atomic E-state index is 0.383. The van der Waals surface area contributed by atoms with E-state index in [0.29, 0.717) is 47.3 Å². The van der Waals surface area contributed by atoms with Crippen LogP contribution in [-0.2, 0) is 11.3 Å². The van der Waals surface area contributed by atoms with Gasteiger partial charge in [0.25, 0.3) is 0 Å². The van der Waals surface area contributed by atoms with E-state index in [0.717, 1.165) is 16.7 Å². The first kappa shape index (κ1) is 19.1. The van der Waals surface area contributed by atoms with E-state index in [2.05, 4.69) is 6.58 Å². The first-order chi connectivity index (χ1) is 12.6. The third-order valence-electron chi connectivity index (χ3n) is 4.24. The van der Waals surface area contributed by atoms with E-state index in [1.807, 2.05) is 24.3 Å². The zero-order valence-corrected chi connectivity index (χ0v) is 16.3. The molecule has 1 aliphatic carbocycles. The second-order valence-electron chi connectivity index (χ2n) is 6.45. The molecule has 0 N–H and O–H groups in total. The van der Waals surface area contributed by atoms with Crippen LogP contribution in [0.2, 0.25) is 10.0 Å². The molecular formula is C21H22Cl2O3. The summed E-state index contributed by atoms with van der Waals surface area (Å²) in [7, 11) is 1.65. The van der Waals surface area contributed by atoms with Gasteiger partial charge in [0.15, 0.2) is 5.75 Å². The molecule has 5 heteroatoms. The molecule has 2 aromatic rings. The molecule has 0 spiro atoms. The minimum Gasteiger partial charge on any atom is -0.490 e. The van der Waals surface area contributed by atoms with Crippen molar-refractivity contribution in [3.05, 3.63) is 64.1 Å². The number of benzene rings is 2. The Morgan fingerprint density at radius 2 is 1.81 bits per heavy atom. The van der Waals surface area contributed by atoms with E-state index in [4.69, 9.17) is 37.4 Å². The Labute approximate surface area is 164 Å². The normalized spacial score (nSPS) is 13.5. The number of halogens is 2. The quantitative estimate of drug-likeness (QED) is 0.521. The van der Waals surface area contributed by atoms with Gasteiger partial charge in [0, 0.05) is 19.2 Å². The van der Waals surface area contributed by atoms with Gasteiger partial charge in [0.05, 0.1) is 23.3 Å². The van der Waals surface area contributed by atoms with Crippen molar-refractivity contribution in [3.8, 4) is 11.5 Å². The zero-order chi connectivity index (χ0) is 18.5. The summed E-state index contributed by atoms with van der Waals surface area (Å²) in [4.78, 5) is 0. The van der Waals surface area contributed by atoms with Crippen molar-refractivity contribution in [1.82, 2.24) is 0 Å². The average molecular weight is 393 g/mol. The monoisotopic (exact) mass is 392 g/mol. The lowest BCUT2D eigenvalue weighted by molar-refractivity contribution is 0.239. The lowest BCUT2D eigenvalue weighted by atomic mass is 10.0. The van der Waals surface area contributed by atoms with Crippen LogP contribution in [0.1, 0.15) is 24.0 Å². The lowest BCUT2D eigenvalue weighted by Crippen LogP contribution is -2.03. The molecular weight excluding hydrogens is 371 g/mol. The maximum Gasteiger partial charge on any atom is 0.156 e. The summed E-state index contributed by atoms with van der Waals surface area (Å²) in [5.74, 6) is 1.77. The number of hydrogen-bond donors (Lipinski definition) is 0. The van der Waals surface area contributed by atoms with E-state index in [1.165, 1.54) is 12.8 Å². The number of hydrogen-bond acceptors (Lipinski definition) is 3. The molecule has 0 heterocycles. The van der Waals surface area contributed by atoms with Gasteiger partial charge in [-0.1, -0.05) is 54.0 Å². The summed E-state index contributed by atoms with van der Waals surface area (Å²) in [6.45, 7) is 5.59. The van der Waals surface area contributed by atoms with Gasteiger partial charge in [0.2, 0.25) is 0 Å². The van der Waals surface area contributed by atoms with Crippen molar-refractivity contribution in [2.75, 3.05) is 20.3 Å². The van der Waals surface area contributed by atoms with Gasteiger partial charge < -0.3 is 14.2 Å². The molecule has 0 unspecified atom stereocenters. The zero-order valence-electron chi connectivity index (χ0n) is 14.8. The molecule has 0 aromatic heterocycles. The van der Waals surface area contributed by atoms with Gasteiger partial charge in [0.1, 0.15) is 12.4 Å². The fraction of sp³-hybridized carbons (Fsp3) is 0.333. The Balaban J connectivity index is 1.69. The maximum atomic E-state index is 6.32. The largest absolute Gasteiger partial charge is 0.490 e. The lowest BCUT2D eigenvalue weighted by Gasteiger charge is -2.15. The summed E-state index contributed by atoms with van der Waals surface area (Å²) in [5, 5.41) is 0.926. The highest BCUT2D eigenvalue weighted by atomic mass is 35.5. The first-order valence-electron chi connectivity index (χ1n) is 8.58. The van der Waals surface area contributed by atoms with E-state index in [1.54, 1.807) is 19.2 Å². The van der Waals surface area contributed by atoms with Crippen LogP contribution in [-0.4, -0.2) is 20.3 Å². The van der Waals surface area contributed by atoms with Crippen molar-refractivity contribution in [3.63, 3.8) is 0 Å². The number of methoxy groups -OCH3 is 1. The van der Waals surface area contributed by atoms with Gasteiger partial charge in [-0.25, -0.2) is 0 Å². The van der Waals surface area contributed by atoms with Crippen LogP contribution in [0.5, 0.6) is 11.5 Å². The van der Waals surface area contributed by atoms with Crippen molar-refractivity contribution < 1.29 is 14.2 Å². The molecule has 0 saturated heterocycles. The Morgan fingerprint density at radius 3 is 2.46 bits per heavy atom. The number of rotatable bonds is 9. The van der Waals surface area contributed by atoms with Crippen molar-refractivity contribution in [1.29, 1.82) is 0 Å². The van der Waals surface area contributed by atoms with Crippen LogP contribution in [0.4, 0.5) is 0 Å². The Hall–Kier alpha value is -1.68. The fourth-order valence-corrected chi connectivity index (χ4v) is 3.22. The SMILES string of the molecule is C=C(COC)c1ccccc1COc1cc(Cl)c(OCC2CC2)c(Cl)c1. The van der Waals surface area contributed by atoms with Gasteiger partial charge in [-0.3, -0.25) is 0 Å². The molecule has 0 aliphatic heterocycles. The third-order valence-corrected chi connectivity index (χ3v) is 4.80. The molecule has 0 radical (unpaired) electrons. The third kappa shape index (κ3) is 4.94. The maximum absolute atomic E-state index is 6.32. The molecule has 138 valence electrons. The summed E-state index contributed by atoms with van der Waals surface area (Å²) in [6.07, 6.45) is 2.43. The molecule has 0 bridgehead atoms. The fourth-order valence-electron chi connectivity index (χ4n) is 2.65. The average Bonchev–Trinajstić information content (AvgIpc) is 3.44. The van der Waals surface area contributed by atoms with Crippen molar-refractivity contribution >= 4 is 28.8 Å². The van der Waals surface area contributed by atoms with E-state index < -0.39 is 0 Å². The topological polar surface area (TPSA) is 27.7 Å². The van der Waals surface area contributed by atoms with E-state index in [-0.39, 0.29) is 0 Å². The van der Waals surface area contributed by atoms with E-state index >= 15 is 0 Å². The summed E-state index contributed by atoms with van der Waals surface area (Å²) in [5.41, 5.74) is 2.96. The Bertz CT molecular complexity index is 762. The molecule has 3 rings (SSSR count). The highest BCUT2D eigenvalue weighted by Crippen LogP contribution is 2.39. The van der Waals surface area contributed by atoms with Crippen LogP contribution in [0, 0.1) is 5.92 Å². The van der Waals surface area contributed by atoms with Gasteiger partial charge >= 0.3 is 0 Å². The molecule has 0 atom stereocenters. The summed E-state index contributed by atoms with van der Waals surface area (Å²) < 4.78 is 16.8. The molecule has 2 aromatic carbocycles. The Kier molecular flexibility index (Phi) is 6.47.